The van der Waals surface area contributed by atoms with Crippen LogP contribution in [-0.2, 0) is 5.75 Å². The van der Waals surface area contributed by atoms with Gasteiger partial charge in [0.05, 0.1) is 22.2 Å². The zero-order chi connectivity index (χ0) is 20.8. The minimum absolute atomic E-state index is 0.0443. The Morgan fingerprint density at radius 3 is 2.59 bits per heavy atom. The molecule has 0 radical (unpaired) electrons. The molecule has 1 aromatic heterocycles. The molecule has 0 aliphatic rings. The molecule has 3 rings (SSSR count). The third-order valence-electron chi connectivity index (χ3n) is 3.78. The number of anilines is 1. The second kappa shape index (κ2) is 9.89. The lowest BCUT2D eigenvalue weighted by molar-refractivity contribution is 0.0945. The maximum Gasteiger partial charge on any atom is 0.252 e. The third-order valence-corrected chi connectivity index (χ3v) is 5.33. The van der Waals surface area contributed by atoms with Gasteiger partial charge < -0.3 is 16.2 Å². The average Bonchev–Trinajstić information content (AvgIpc) is 2.71. The van der Waals surface area contributed by atoms with Gasteiger partial charge in [0.15, 0.2) is 11.0 Å². The molecule has 0 atom stereocenters. The van der Waals surface area contributed by atoms with Crippen molar-refractivity contribution in [3.8, 4) is 11.4 Å². The molecule has 0 unspecified atom stereocenters. The number of rotatable bonds is 7. The Labute approximate surface area is 181 Å². The monoisotopic (exact) mass is 449 g/mol. The molecule has 0 saturated heterocycles. The molecule has 4 N–H and O–H groups in total. The van der Waals surface area contributed by atoms with E-state index in [1.807, 2.05) is 30.3 Å². The number of benzene rings is 2. The summed E-state index contributed by atoms with van der Waals surface area (Å²) in [6.45, 7) is -0.0814. The van der Waals surface area contributed by atoms with Crippen LogP contribution in [0.15, 0.2) is 47.6 Å². The Balaban J connectivity index is 1.91. The van der Waals surface area contributed by atoms with E-state index in [-0.39, 0.29) is 40.5 Å². The van der Waals surface area contributed by atoms with Crippen LogP contribution in [0.2, 0.25) is 10.0 Å². The van der Waals surface area contributed by atoms with Crippen LogP contribution in [0.4, 0.5) is 5.95 Å². The highest BCUT2D eigenvalue weighted by molar-refractivity contribution is 7.98. The average molecular weight is 450 g/mol. The largest absolute Gasteiger partial charge is 0.395 e. The Kier molecular flexibility index (Phi) is 7.27. The summed E-state index contributed by atoms with van der Waals surface area (Å²) in [7, 11) is 0. The van der Waals surface area contributed by atoms with E-state index in [1.54, 1.807) is 0 Å². The van der Waals surface area contributed by atoms with E-state index >= 15 is 0 Å². The second-order valence-corrected chi connectivity index (χ2v) is 7.62. The van der Waals surface area contributed by atoms with Gasteiger partial charge in [0.25, 0.3) is 5.91 Å². The molecule has 0 spiro atoms. The number of nitrogens with one attached hydrogen (secondary N) is 1. The summed E-state index contributed by atoms with van der Waals surface area (Å²) in [4.78, 5) is 25.0. The maximum atomic E-state index is 12.3. The Morgan fingerprint density at radius 1 is 1.10 bits per heavy atom. The number of aliphatic hydroxyl groups excluding tert-OH is 1. The van der Waals surface area contributed by atoms with Crippen molar-refractivity contribution in [1.82, 2.24) is 20.3 Å². The molecule has 2 aromatic carbocycles. The topological polar surface area (TPSA) is 114 Å². The highest BCUT2D eigenvalue weighted by atomic mass is 35.5. The van der Waals surface area contributed by atoms with Crippen LogP contribution in [0.25, 0.3) is 11.4 Å². The second-order valence-electron chi connectivity index (χ2n) is 5.87. The Morgan fingerprint density at radius 2 is 1.86 bits per heavy atom. The SMILES string of the molecule is Nc1nc(SCc2ccccc2)nc(-c2cc(C(=O)NCCO)c(Cl)cc2Cl)n1. The molecule has 0 bridgehead atoms. The molecule has 10 heteroatoms. The van der Waals surface area contributed by atoms with Gasteiger partial charge in [-0.15, -0.1) is 0 Å². The predicted molar refractivity (Wildman–Crippen MR) is 115 cm³/mol. The van der Waals surface area contributed by atoms with Crippen LogP contribution in [0.3, 0.4) is 0 Å². The summed E-state index contributed by atoms with van der Waals surface area (Å²) in [5.74, 6) is 0.504. The van der Waals surface area contributed by atoms with Gasteiger partial charge >= 0.3 is 0 Å². The van der Waals surface area contributed by atoms with E-state index in [2.05, 4.69) is 20.3 Å². The molecule has 0 aliphatic heterocycles. The third kappa shape index (κ3) is 5.57. The summed E-state index contributed by atoms with van der Waals surface area (Å²) in [5.41, 5.74) is 7.57. The van der Waals surface area contributed by atoms with Crippen molar-refractivity contribution in [3.05, 3.63) is 63.6 Å². The fraction of sp³-hybridized carbons (Fsp3) is 0.158. The number of nitrogens with zero attached hydrogens (tertiary/aromatic N) is 3. The minimum atomic E-state index is -0.442. The standard InChI is InChI=1S/C19H17Cl2N5O2S/c20-14-9-15(21)13(17(28)23-6-7-27)8-12(14)16-24-18(22)26-19(25-16)29-10-11-4-2-1-3-5-11/h1-5,8-9,27H,6-7,10H2,(H,23,28)(H2,22,24,25,26). The smallest absolute Gasteiger partial charge is 0.252 e. The van der Waals surface area contributed by atoms with E-state index in [0.29, 0.717) is 16.5 Å². The lowest BCUT2D eigenvalue weighted by Gasteiger charge is -2.10. The van der Waals surface area contributed by atoms with Crippen LogP contribution in [-0.4, -0.2) is 39.1 Å². The van der Waals surface area contributed by atoms with Gasteiger partial charge in [-0.3, -0.25) is 4.79 Å². The van der Waals surface area contributed by atoms with Crippen LogP contribution in [0, 0.1) is 0 Å². The van der Waals surface area contributed by atoms with Crippen LogP contribution in [0.1, 0.15) is 15.9 Å². The summed E-state index contributed by atoms with van der Waals surface area (Å²) in [5, 5.41) is 12.3. The number of nitrogen functional groups attached to an aromatic ring is 1. The van der Waals surface area contributed by atoms with Gasteiger partial charge in [0, 0.05) is 17.9 Å². The fourth-order valence-electron chi connectivity index (χ4n) is 2.44. The molecular weight excluding hydrogens is 433 g/mol. The zero-order valence-electron chi connectivity index (χ0n) is 15.1. The van der Waals surface area contributed by atoms with Gasteiger partial charge in [0.2, 0.25) is 5.95 Å². The first-order valence-corrected chi connectivity index (χ1v) is 10.3. The van der Waals surface area contributed by atoms with E-state index in [0.717, 1.165) is 5.56 Å². The lowest BCUT2D eigenvalue weighted by Crippen LogP contribution is -2.26. The molecule has 1 amide bonds. The van der Waals surface area contributed by atoms with E-state index < -0.39 is 5.91 Å². The lowest BCUT2D eigenvalue weighted by atomic mass is 10.1. The minimum Gasteiger partial charge on any atom is -0.395 e. The number of hydrogen-bond acceptors (Lipinski definition) is 7. The van der Waals surface area contributed by atoms with Crippen LogP contribution < -0.4 is 11.1 Å². The number of aromatic nitrogens is 3. The van der Waals surface area contributed by atoms with Crippen molar-refractivity contribution in [3.63, 3.8) is 0 Å². The van der Waals surface area contributed by atoms with Crippen molar-refractivity contribution < 1.29 is 9.90 Å². The number of aliphatic hydroxyl groups is 1. The summed E-state index contributed by atoms with van der Waals surface area (Å²) in [6.07, 6.45) is 0. The molecule has 0 saturated carbocycles. The van der Waals surface area contributed by atoms with Crippen LogP contribution >= 0.6 is 35.0 Å². The molecule has 0 aliphatic carbocycles. The summed E-state index contributed by atoms with van der Waals surface area (Å²) >= 11 is 13.9. The molecule has 3 aromatic rings. The van der Waals surface area contributed by atoms with Gasteiger partial charge in [-0.1, -0.05) is 65.3 Å². The zero-order valence-corrected chi connectivity index (χ0v) is 17.4. The first-order valence-electron chi connectivity index (χ1n) is 8.54. The van der Waals surface area contributed by atoms with Crippen molar-refractivity contribution in [2.24, 2.45) is 0 Å². The molecule has 7 nitrogen and oxygen atoms in total. The number of hydrogen-bond donors (Lipinski definition) is 3. The Bertz CT molecular complexity index is 1020. The van der Waals surface area contributed by atoms with Crippen molar-refractivity contribution in [1.29, 1.82) is 0 Å². The number of amides is 1. The van der Waals surface area contributed by atoms with Gasteiger partial charge in [-0.05, 0) is 17.7 Å². The van der Waals surface area contributed by atoms with Gasteiger partial charge in [-0.2, -0.15) is 9.97 Å². The Hall–Kier alpha value is -2.39. The molecule has 1 heterocycles. The molecule has 29 heavy (non-hydrogen) atoms. The number of nitrogens with two attached hydrogens (primary N) is 1. The van der Waals surface area contributed by atoms with Crippen molar-refractivity contribution in [2.75, 3.05) is 18.9 Å². The predicted octanol–water partition coefficient (Wildman–Crippen LogP) is 3.44. The first kappa shape index (κ1) is 21.3. The normalized spacial score (nSPS) is 10.7. The fourth-order valence-corrected chi connectivity index (χ4v) is 3.79. The number of carbonyl (C=O) groups excluding carboxylic acids is 1. The first-order chi connectivity index (χ1) is 14.0. The summed E-state index contributed by atoms with van der Waals surface area (Å²) < 4.78 is 0. The number of carbonyl (C=O) groups is 1. The van der Waals surface area contributed by atoms with Crippen molar-refractivity contribution in [2.45, 2.75) is 10.9 Å². The molecule has 150 valence electrons. The summed E-state index contributed by atoms with van der Waals surface area (Å²) in [6, 6.07) is 12.8. The quantitative estimate of drug-likeness (QED) is 0.473. The molecule has 0 fully saturated rings. The number of thioether (sulfide) groups is 1. The van der Waals surface area contributed by atoms with Crippen LogP contribution in [0.5, 0.6) is 0 Å². The highest BCUT2D eigenvalue weighted by Gasteiger charge is 2.17. The highest BCUT2D eigenvalue weighted by Crippen LogP contribution is 2.32. The van der Waals surface area contributed by atoms with E-state index in [1.165, 1.54) is 23.9 Å². The maximum absolute atomic E-state index is 12.3. The van der Waals surface area contributed by atoms with Gasteiger partial charge in [-0.25, -0.2) is 4.98 Å². The number of halogens is 2. The van der Waals surface area contributed by atoms with E-state index in [4.69, 9.17) is 34.0 Å². The van der Waals surface area contributed by atoms with E-state index in [9.17, 15) is 4.79 Å². The van der Waals surface area contributed by atoms with Crippen molar-refractivity contribution >= 4 is 46.8 Å². The molecular formula is C19H17Cl2N5O2S. The van der Waals surface area contributed by atoms with Gasteiger partial charge in [0.1, 0.15) is 0 Å².